The van der Waals surface area contributed by atoms with E-state index in [4.69, 9.17) is 4.74 Å². The summed E-state index contributed by atoms with van der Waals surface area (Å²) in [6.45, 7) is 3.47. The number of hydrogen-bond acceptors (Lipinski definition) is 2. The smallest absolute Gasteiger partial charge is 0.173 e. The van der Waals surface area contributed by atoms with Crippen molar-refractivity contribution in [1.29, 1.82) is 0 Å². The fourth-order valence-corrected chi connectivity index (χ4v) is 1.44. The van der Waals surface area contributed by atoms with Gasteiger partial charge in [-0.2, -0.15) is 0 Å². The fourth-order valence-electron chi connectivity index (χ4n) is 1.44. The molecule has 1 aliphatic rings. The van der Waals surface area contributed by atoms with Gasteiger partial charge in [-0.25, -0.2) is 0 Å². The summed E-state index contributed by atoms with van der Waals surface area (Å²) < 4.78 is 4.98. The molecule has 1 atom stereocenters. The van der Waals surface area contributed by atoms with Gasteiger partial charge in [0.1, 0.15) is 5.60 Å². The van der Waals surface area contributed by atoms with Crippen LogP contribution < -0.4 is 0 Å². The van der Waals surface area contributed by atoms with Crippen LogP contribution in [0.25, 0.3) is 0 Å². The van der Waals surface area contributed by atoms with Gasteiger partial charge in [0.2, 0.25) is 0 Å². The number of rotatable bonds is 2. The maximum Gasteiger partial charge on any atom is 0.173 e. The second kappa shape index (κ2) is 3.61. The lowest BCUT2D eigenvalue weighted by molar-refractivity contribution is 0.0520. The highest BCUT2D eigenvalue weighted by Gasteiger charge is 2.30. The van der Waals surface area contributed by atoms with E-state index in [2.05, 4.69) is 12.3 Å². The van der Waals surface area contributed by atoms with Gasteiger partial charge in [0.05, 0.1) is 7.11 Å². The highest BCUT2D eigenvalue weighted by molar-refractivity contribution is 5.20. The zero-order valence-corrected chi connectivity index (χ0v) is 7.34. The lowest BCUT2D eigenvalue weighted by Crippen LogP contribution is -2.30. The number of methoxy groups -OCH3 is 1. The quantitative estimate of drug-likeness (QED) is 0.385. The molecule has 0 radical (unpaired) electrons. The molecule has 1 rings (SSSR count). The summed E-state index contributed by atoms with van der Waals surface area (Å²) in [6, 6.07) is 0. The molecule has 2 heteroatoms. The number of hydrogen-bond donors (Lipinski definition) is 1. The monoisotopic (exact) mass is 166 g/mol. The molecule has 0 saturated carbocycles. The molecule has 0 heterocycles. The largest absolute Gasteiger partial charge is 0.490 e. The van der Waals surface area contributed by atoms with Gasteiger partial charge in [-0.05, 0) is 25.3 Å². The minimum Gasteiger partial charge on any atom is -0.490 e. The molecule has 0 bridgehead atoms. The van der Waals surface area contributed by atoms with Crippen LogP contribution in [0.3, 0.4) is 0 Å². The van der Waals surface area contributed by atoms with E-state index >= 15 is 0 Å². The van der Waals surface area contributed by atoms with E-state index in [0.717, 1.165) is 12.8 Å². The molecule has 1 N–H and O–H groups in total. The number of aliphatic hydroxyl groups is 1. The molecule has 0 saturated heterocycles. The lowest BCUT2D eigenvalue weighted by Gasteiger charge is -2.27. The average Bonchev–Trinajstić information content (AvgIpc) is 2.07. The first kappa shape index (κ1) is 9.11. The van der Waals surface area contributed by atoms with Gasteiger partial charge in [-0.15, -0.1) is 0 Å². The maximum atomic E-state index is 9.98. The van der Waals surface area contributed by atoms with Crippen LogP contribution in [0.2, 0.25) is 0 Å². The summed E-state index contributed by atoms with van der Waals surface area (Å²) in [5, 5.41) is 9.98. The van der Waals surface area contributed by atoms with E-state index in [1.807, 2.05) is 6.08 Å². The van der Waals surface area contributed by atoms with Crippen molar-refractivity contribution >= 4 is 0 Å². The van der Waals surface area contributed by atoms with Crippen LogP contribution in [0, 0.1) is 0 Å². The third-order valence-electron chi connectivity index (χ3n) is 2.08. The summed E-state index contributed by atoms with van der Waals surface area (Å²) in [5.41, 5.74) is 1.64. The number of ether oxygens (including phenoxy) is 1. The normalized spacial score (nSPS) is 27.8. The zero-order valence-electron chi connectivity index (χ0n) is 7.34. The van der Waals surface area contributed by atoms with Gasteiger partial charge < -0.3 is 9.84 Å². The van der Waals surface area contributed by atoms with Crippen molar-refractivity contribution in [3.63, 3.8) is 0 Å². The Hall–Kier alpha value is -0.980. The van der Waals surface area contributed by atoms with Crippen molar-refractivity contribution in [2.45, 2.75) is 24.9 Å². The Morgan fingerprint density at radius 3 is 2.92 bits per heavy atom. The first-order valence-corrected chi connectivity index (χ1v) is 4.07. The Bertz CT molecular complexity index is 236. The Labute approximate surface area is 72.9 Å². The fraction of sp³-hybridized carbons (Fsp3) is 0.500. The molecule has 1 aliphatic carbocycles. The van der Waals surface area contributed by atoms with Crippen molar-refractivity contribution in [2.75, 3.05) is 7.11 Å². The average molecular weight is 166 g/mol. The second-order valence-electron chi connectivity index (χ2n) is 2.93. The van der Waals surface area contributed by atoms with Crippen LogP contribution in [0.15, 0.2) is 30.2 Å². The molecule has 12 heavy (non-hydrogen) atoms. The predicted octanol–water partition coefficient (Wildman–Crippen LogP) is 1.77. The Balaban J connectivity index is 2.89. The van der Waals surface area contributed by atoms with E-state index in [9.17, 15) is 5.11 Å². The molecule has 0 aromatic carbocycles. The molecular formula is C10H14O2. The van der Waals surface area contributed by atoms with Crippen molar-refractivity contribution in [3.8, 4) is 0 Å². The van der Waals surface area contributed by atoms with Crippen molar-refractivity contribution in [3.05, 3.63) is 30.2 Å². The van der Waals surface area contributed by atoms with E-state index in [1.165, 1.54) is 7.11 Å². The van der Waals surface area contributed by atoms with Crippen LogP contribution in [-0.4, -0.2) is 17.8 Å². The van der Waals surface area contributed by atoms with Crippen LogP contribution in [-0.2, 0) is 4.74 Å². The van der Waals surface area contributed by atoms with Crippen LogP contribution in [0.1, 0.15) is 19.3 Å². The van der Waals surface area contributed by atoms with Crippen LogP contribution in [0.4, 0.5) is 0 Å². The molecule has 0 aliphatic heterocycles. The zero-order chi connectivity index (χ0) is 9.03. The molecule has 0 fully saturated rings. The second-order valence-corrected chi connectivity index (χ2v) is 2.93. The molecule has 0 amide bonds. The van der Waals surface area contributed by atoms with Crippen LogP contribution >= 0.6 is 0 Å². The van der Waals surface area contributed by atoms with Crippen molar-refractivity contribution in [2.24, 2.45) is 0 Å². The summed E-state index contributed by atoms with van der Waals surface area (Å²) in [6.07, 6.45) is 6.40. The Morgan fingerprint density at radius 2 is 2.50 bits per heavy atom. The molecule has 2 nitrogen and oxygen atoms in total. The first-order valence-electron chi connectivity index (χ1n) is 4.07. The lowest BCUT2D eigenvalue weighted by atomic mass is 9.89. The van der Waals surface area contributed by atoms with Gasteiger partial charge >= 0.3 is 0 Å². The van der Waals surface area contributed by atoms with Gasteiger partial charge in [0.25, 0.3) is 0 Å². The third kappa shape index (κ3) is 1.60. The standard InChI is InChI=1S/C10H14O2/c1-3-9(12-2)10(11)7-5-4-6-8-10/h5,7,11H,1,4,6,8H2,2H3. The molecule has 0 aromatic heterocycles. The van der Waals surface area contributed by atoms with Gasteiger partial charge in [-0.1, -0.05) is 18.4 Å². The molecule has 66 valence electrons. The highest BCUT2D eigenvalue weighted by Crippen LogP contribution is 2.28. The topological polar surface area (TPSA) is 29.5 Å². The molecule has 0 spiro atoms. The number of allylic oxidation sites excluding steroid dienone is 1. The van der Waals surface area contributed by atoms with Crippen molar-refractivity contribution in [1.82, 2.24) is 0 Å². The van der Waals surface area contributed by atoms with E-state index < -0.39 is 5.60 Å². The van der Waals surface area contributed by atoms with Crippen molar-refractivity contribution < 1.29 is 9.84 Å². The summed E-state index contributed by atoms with van der Waals surface area (Å²) in [5.74, 6) is 0.415. The minimum atomic E-state index is -0.964. The van der Waals surface area contributed by atoms with Gasteiger partial charge in [-0.3, -0.25) is 0 Å². The Morgan fingerprint density at radius 1 is 1.75 bits per heavy atom. The Kier molecular flexibility index (Phi) is 2.74. The van der Waals surface area contributed by atoms with E-state index in [1.54, 1.807) is 6.08 Å². The van der Waals surface area contributed by atoms with Gasteiger partial charge in [0, 0.05) is 0 Å². The molecular weight excluding hydrogens is 152 g/mol. The maximum absolute atomic E-state index is 9.98. The summed E-state index contributed by atoms with van der Waals surface area (Å²) >= 11 is 0. The first-order chi connectivity index (χ1) is 5.73. The predicted molar refractivity (Wildman–Crippen MR) is 47.6 cm³/mol. The third-order valence-corrected chi connectivity index (χ3v) is 2.08. The van der Waals surface area contributed by atoms with E-state index in [-0.39, 0.29) is 0 Å². The minimum absolute atomic E-state index is 0.415. The highest BCUT2D eigenvalue weighted by atomic mass is 16.5. The summed E-state index contributed by atoms with van der Waals surface area (Å²) in [4.78, 5) is 0. The van der Waals surface area contributed by atoms with Crippen LogP contribution in [0.5, 0.6) is 0 Å². The van der Waals surface area contributed by atoms with Gasteiger partial charge in [0.15, 0.2) is 5.76 Å². The molecule has 1 unspecified atom stereocenters. The summed E-state index contributed by atoms with van der Waals surface area (Å²) in [7, 11) is 1.52. The molecule has 0 aromatic rings. The van der Waals surface area contributed by atoms with E-state index in [0.29, 0.717) is 12.2 Å². The SMILES string of the molecule is C=C=C(OC)C1(O)C=CCCC1.